The molecule has 1 aromatic heterocycles. The third-order valence-electron chi connectivity index (χ3n) is 6.05. The van der Waals surface area contributed by atoms with Crippen molar-refractivity contribution in [3.63, 3.8) is 0 Å². The Morgan fingerprint density at radius 1 is 1.14 bits per heavy atom. The van der Waals surface area contributed by atoms with Crippen LogP contribution in [0, 0.1) is 5.92 Å². The van der Waals surface area contributed by atoms with Crippen molar-refractivity contribution in [2.24, 2.45) is 5.92 Å². The van der Waals surface area contributed by atoms with E-state index in [0.29, 0.717) is 0 Å². The Labute approximate surface area is 165 Å². The zero-order valence-electron chi connectivity index (χ0n) is 16.3. The van der Waals surface area contributed by atoms with E-state index in [1.807, 2.05) is 11.1 Å². The van der Waals surface area contributed by atoms with Crippen molar-refractivity contribution < 1.29 is 4.79 Å². The molecule has 0 bridgehead atoms. The Morgan fingerprint density at radius 3 is 2.75 bits per heavy atom. The van der Waals surface area contributed by atoms with Gasteiger partial charge in [-0.3, -0.25) is 9.69 Å². The maximum Gasteiger partial charge on any atom is 0.220 e. The summed E-state index contributed by atoms with van der Waals surface area (Å²) in [4.78, 5) is 24.9. The number of amides is 1. The number of piperazine rings is 1. The molecular weight excluding hydrogens is 348 g/mol. The third-order valence-corrected chi connectivity index (χ3v) is 6.05. The number of aromatic nitrogens is 2. The number of rotatable bonds is 4. The molecule has 1 amide bonds. The lowest BCUT2D eigenvalue weighted by Gasteiger charge is -2.40. The first-order chi connectivity index (χ1) is 13.7. The number of fused-ring (bicyclic) bond motifs is 1. The average molecular weight is 374 g/mol. The van der Waals surface area contributed by atoms with Gasteiger partial charge in [0.2, 0.25) is 5.91 Å². The van der Waals surface area contributed by atoms with Crippen LogP contribution >= 0.6 is 0 Å². The van der Waals surface area contributed by atoms with Gasteiger partial charge >= 0.3 is 0 Å². The lowest BCUT2D eigenvalue weighted by Crippen LogP contribution is -2.50. The first-order valence-electron chi connectivity index (χ1n) is 10.2. The number of carbonyl (C=O) groups excluding carboxylic acids is 1. The molecule has 0 radical (unpaired) electrons. The minimum atomic E-state index is -0.000735. The van der Waals surface area contributed by atoms with Crippen molar-refractivity contribution in [1.29, 1.82) is 0 Å². The molecule has 1 unspecified atom stereocenters. The van der Waals surface area contributed by atoms with Gasteiger partial charge in [0.1, 0.15) is 11.9 Å². The van der Waals surface area contributed by atoms with E-state index in [9.17, 15) is 4.79 Å². The fourth-order valence-corrected chi connectivity index (χ4v) is 4.29. The van der Waals surface area contributed by atoms with Crippen molar-refractivity contribution in [3.05, 3.63) is 54.5 Å². The highest BCUT2D eigenvalue weighted by molar-refractivity contribution is 5.86. The van der Waals surface area contributed by atoms with Gasteiger partial charge in [-0.1, -0.05) is 36.4 Å². The summed E-state index contributed by atoms with van der Waals surface area (Å²) in [6, 6.07) is 14.8. The Bertz CT molecular complexity index is 1010. The van der Waals surface area contributed by atoms with Crippen molar-refractivity contribution >= 4 is 16.7 Å². The number of hydrogen-bond acceptors (Lipinski definition) is 3. The van der Waals surface area contributed by atoms with E-state index in [2.05, 4.69) is 57.3 Å². The number of H-pyrrole nitrogens is 1. The first-order valence-corrected chi connectivity index (χ1v) is 10.2. The van der Waals surface area contributed by atoms with E-state index >= 15 is 0 Å². The van der Waals surface area contributed by atoms with Gasteiger partial charge in [-0.25, -0.2) is 4.98 Å². The van der Waals surface area contributed by atoms with Gasteiger partial charge < -0.3 is 9.88 Å². The smallest absolute Gasteiger partial charge is 0.220 e. The van der Waals surface area contributed by atoms with E-state index in [1.165, 1.54) is 23.6 Å². The van der Waals surface area contributed by atoms with Gasteiger partial charge in [-0.15, -0.1) is 0 Å². The van der Waals surface area contributed by atoms with Gasteiger partial charge in [0.15, 0.2) is 0 Å². The van der Waals surface area contributed by atoms with Gasteiger partial charge in [-0.05, 0) is 35.6 Å². The number of benzene rings is 2. The Hall–Kier alpha value is -2.66. The molecule has 2 aromatic carbocycles. The van der Waals surface area contributed by atoms with E-state index in [-0.39, 0.29) is 11.9 Å². The van der Waals surface area contributed by atoms with Crippen LogP contribution in [0.3, 0.4) is 0 Å². The van der Waals surface area contributed by atoms with Crippen LogP contribution in [0.1, 0.15) is 31.6 Å². The van der Waals surface area contributed by atoms with E-state index in [0.717, 1.165) is 49.2 Å². The average Bonchev–Trinajstić information content (AvgIpc) is 3.39. The number of imidazole rings is 1. The van der Waals surface area contributed by atoms with Gasteiger partial charge in [0, 0.05) is 38.7 Å². The first kappa shape index (κ1) is 17.4. The normalized spacial score (nSPS) is 20.6. The minimum Gasteiger partial charge on any atom is -0.340 e. The van der Waals surface area contributed by atoms with E-state index < -0.39 is 0 Å². The molecule has 5 nitrogen and oxygen atoms in total. The molecule has 2 aliphatic rings. The van der Waals surface area contributed by atoms with Crippen LogP contribution in [0.4, 0.5) is 0 Å². The number of aromatic amines is 1. The van der Waals surface area contributed by atoms with Crippen LogP contribution in [0.2, 0.25) is 0 Å². The quantitative estimate of drug-likeness (QED) is 0.755. The SMILES string of the molecule is CC(=O)N1CCN(CC2CC2)CC1c1ncc(-c2ccc3ccccc3c2)[nH]1. The molecule has 2 heterocycles. The van der Waals surface area contributed by atoms with Crippen LogP contribution < -0.4 is 0 Å². The van der Waals surface area contributed by atoms with Crippen molar-refractivity contribution in [1.82, 2.24) is 19.8 Å². The zero-order chi connectivity index (χ0) is 19.1. The summed E-state index contributed by atoms with van der Waals surface area (Å²) in [5.74, 6) is 1.87. The van der Waals surface area contributed by atoms with Gasteiger partial charge in [0.05, 0.1) is 11.9 Å². The molecule has 144 valence electrons. The number of carbonyl (C=O) groups is 1. The lowest BCUT2D eigenvalue weighted by molar-refractivity contribution is -0.134. The largest absolute Gasteiger partial charge is 0.340 e. The predicted molar refractivity (Wildman–Crippen MR) is 111 cm³/mol. The monoisotopic (exact) mass is 374 g/mol. The van der Waals surface area contributed by atoms with Gasteiger partial charge in [-0.2, -0.15) is 0 Å². The fraction of sp³-hybridized carbons (Fsp3) is 0.391. The fourth-order valence-electron chi connectivity index (χ4n) is 4.29. The number of hydrogen-bond donors (Lipinski definition) is 1. The van der Waals surface area contributed by atoms with E-state index in [1.54, 1.807) is 6.92 Å². The molecule has 1 saturated heterocycles. The summed E-state index contributed by atoms with van der Waals surface area (Å²) >= 11 is 0. The van der Waals surface area contributed by atoms with Crippen molar-refractivity contribution in [2.45, 2.75) is 25.8 Å². The molecule has 2 fully saturated rings. The summed E-state index contributed by atoms with van der Waals surface area (Å²) in [6.07, 6.45) is 4.60. The van der Waals surface area contributed by atoms with Crippen molar-refractivity contribution in [3.8, 4) is 11.3 Å². The highest BCUT2D eigenvalue weighted by Crippen LogP contribution is 2.33. The number of nitrogens with one attached hydrogen (secondary N) is 1. The molecule has 5 heteroatoms. The third kappa shape index (κ3) is 3.42. The highest BCUT2D eigenvalue weighted by Gasteiger charge is 2.34. The zero-order valence-corrected chi connectivity index (χ0v) is 16.3. The van der Waals surface area contributed by atoms with Crippen LogP contribution in [-0.4, -0.2) is 51.9 Å². The molecule has 1 saturated carbocycles. The minimum absolute atomic E-state index is 0.000735. The summed E-state index contributed by atoms with van der Waals surface area (Å²) in [6.45, 7) is 5.42. The summed E-state index contributed by atoms with van der Waals surface area (Å²) in [7, 11) is 0. The second kappa shape index (κ2) is 7.06. The Balaban J connectivity index is 1.42. The molecule has 3 aromatic rings. The van der Waals surface area contributed by atoms with E-state index in [4.69, 9.17) is 0 Å². The number of nitrogens with zero attached hydrogens (tertiary/aromatic N) is 3. The van der Waals surface area contributed by atoms with Crippen LogP contribution in [0.5, 0.6) is 0 Å². The maximum atomic E-state index is 12.2. The molecule has 1 N–H and O–H groups in total. The second-order valence-corrected chi connectivity index (χ2v) is 8.18. The molecular formula is C23H26N4O. The molecule has 1 aliphatic carbocycles. The summed E-state index contributed by atoms with van der Waals surface area (Å²) in [5.41, 5.74) is 2.13. The summed E-state index contributed by atoms with van der Waals surface area (Å²) < 4.78 is 0. The Morgan fingerprint density at radius 2 is 1.96 bits per heavy atom. The topological polar surface area (TPSA) is 52.2 Å². The standard InChI is InChI=1S/C23H26N4O/c1-16(28)27-11-10-26(14-17-6-7-17)15-22(27)23-24-13-21(25-23)20-9-8-18-4-2-3-5-19(18)12-20/h2-5,8-9,12-13,17,22H,6-7,10-11,14-15H2,1H3,(H,24,25). The lowest BCUT2D eigenvalue weighted by atomic mass is 10.1. The summed E-state index contributed by atoms with van der Waals surface area (Å²) in [5, 5.41) is 2.45. The Kier molecular flexibility index (Phi) is 4.40. The second-order valence-electron chi connectivity index (χ2n) is 8.18. The van der Waals surface area contributed by atoms with Crippen LogP contribution in [0.25, 0.3) is 22.0 Å². The van der Waals surface area contributed by atoms with Crippen LogP contribution in [0.15, 0.2) is 48.7 Å². The predicted octanol–water partition coefficient (Wildman–Crippen LogP) is 3.85. The highest BCUT2D eigenvalue weighted by atomic mass is 16.2. The van der Waals surface area contributed by atoms with Crippen LogP contribution in [-0.2, 0) is 4.79 Å². The van der Waals surface area contributed by atoms with Gasteiger partial charge in [0.25, 0.3) is 0 Å². The molecule has 1 aliphatic heterocycles. The molecule has 1 atom stereocenters. The molecule has 5 rings (SSSR count). The molecule has 0 spiro atoms. The maximum absolute atomic E-state index is 12.2. The van der Waals surface area contributed by atoms with Crippen molar-refractivity contribution in [2.75, 3.05) is 26.2 Å². The molecule has 28 heavy (non-hydrogen) atoms.